The van der Waals surface area contributed by atoms with Crippen LogP contribution in [0.4, 0.5) is 23.0 Å². The second-order valence-corrected chi connectivity index (χ2v) is 10.9. The van der Waals surface area contributed by atoms with Crippen molar-refractivity contribution in [3.63, 3.8) is 0 Å². The number of nitrogens with one attached hydrogen (secondary N) is 3. The summed E-state index contributed by atoms with van der Waals surface area (Å²) < 4.78 is 0. The van der Waals surface area contributed by atoms with Gasteiger partial charge in [0, 0.05) is 60.7 Å². The Morgan fingerprint density at radius 2 is 1.77 bits per heavy atom. The van der Waals surface area contributed by atoms with Crippen molar-refractivity contribution in [1.29, 1.82) is 0 Å². The maximum absolute atomic E-state index is 13.7. The molecule has 1 aliphatic carbocycles. The van der Waals surface area contributed by atoms with E-state index in [1.165, 1.54) is 0 Å². The van der Waals surface area contributed by atoms with E-state index in [-0.39, 0.29) is 5.91 Å². The van der Waals surface area contributed by atoms with E-state index in [9.17, 15) is 4.79 Å². The number of H-pyrrole nitrogens is 1. The van der Waals surface area contributed by atoms with Crippen molar-refractivity contribution in [1.82, 2.24) is 24.8 Å². The zero-order valence-corrected chi connectivity index (χ0v) is 22.7. The minimum absolute atomic E-state index is 0.201. The zero-order chi connectivity index (χ0) is 27.2. The molecular weight excluding hydrogens is 500 g/mol. The van der Waals surface area contributed by atoms with Crippen LogP contribution < -0.4 is 15.5 Å². The Morgan fingerprint density at radius 3 is 2.60 bits per heavy atom. The van der Waals surface area contributed by atoms with E-state index in [1.807, 2.05) is 61.7 Å². The number of para-hydroxylation sites is 1. The number of hydrogen-bond donors (Lipinski definition) is 3. The lowest BCUT2D eigenvalue weighted by Crippen LogP contribution is -2.44. The predicted molar refractivity (Wildman–Crippen MR) is 160 cm³/mol. The fourth-order valence-corrected chi connectivity index (χ4v) is 5.37. The van der Waals surface area contributed by atoms with Crippen LogP contribution in [0.1, 0.15) is 40.5 Å². The number of piperazine rings is 1. The standard InChI is InChI=1S/C31H32N8O/c1-19-5-3-6-21-18-32-31(37-27(19)21)34-23-16-25(28-26(17-23)35-29(36-28)20-9-10-20)30(40)33-22-7-4-8-24(15-22)39-13-11-38(2)12-14-39/h3-8,15-18,20H,9-14H2,1-2H3,(H,33,40)(H,35,36)(H,32,34,37). The fourth-order valence-electron chi connectivity index (χ4n) is 5.37. The lowest BCUT2D eigenvalue weighted by Gasteiger charge is -2.34. The summed E-state index contributed by atoms with van der Waals surface area (Å²) in [6.45, 7) is 6.02. The molecule has 3 N–H and O–H groups in total. The van der Waals surface area contributed by atoms with Crippen molar-refractivity contribution in [3.05, 3.63) is 77.7 Å². The molecule has 0 unspecified atom stereocenters. The molecule has 1 amide bonds. The second-order valence-electron chi connectivity index (χ2n) is 10.9. The normalized spacial score (nSPS) is 16.0. The van der Waals surface area contributed by atoms with Crippen molar-refractivity contribution in [2.45, 2.75) is 25.7 Å². The second kappa shape index (κ2) is 9.91. The monoisotopic (exact) mass is 532 g/mol. The summed E-state index contributed by atoms with van der Waals surface area (Å²) >= 11 is 0. The van der Waals surface area contributed by atoms with Crippen LogP contribution in [0, 0.1) is 6.92 Å². The van der Waals surface area contributed by atoms with Crippen LogP contribution in [0.5, 0.6) is 0 Å². The predicted octanol–water partition coefficient (Wildman–Crippen LogP) is 5.44. The third-order valence-corrected chi connectivity index (χ3v) is 7.85. The van der Waals surface area contributed by atoms with Crippen molar-refractivity contribution >= 4 is 50.9 Å². The Labute approximate surface area is 232 Å². The van der Waals surface area contributed by atoms with E-state index in [4.69, 9.17) is 9.97 Å². The molecule has 9 heteroatoms. The Bertz CT molecular complexity index is 1730. The summed E-state index contributed by atoms with van der Waals surface area (Å²) in [4.78, 5) is 36.0. The van der Waals surface area contributed by atoms with Gasteiger partial charge in [-0.1, -0.05) is 24.3 Å². The highest BCUT2D eigenvalue weighted by Gasteiger charge is 2.28. The van der Waals surface area contributed by atoms with E-state index in [0.29, 0.717) is 22.9 Å². The number of likely N-dealkylation sites (N-methyl/N-ethyl adjacent to an activating group) is 1. The lowest BCUT2D eigenvalue weighted by atomic mass is 10.1. The highest BCUT2D eigenvalue weighted by molar-refractivity contribution is 6.12. The molecule has 0 radical (unpaired) electrons. The number of rotatable bonds is 6. The molecule has 2 aromatic heterocycles. The van der Waals surface area contributed by atoms with Crippen molar-refractivity contribution in [2.75, 3.05) is 48.8 Å². The van der Waals surface area contributed by atoms with E-state index in [1.54, 1.807) is 0 Å². The maximum Gasteiger partial charge on any atom is 0.258 e. The number of fused-ring (bicyclic) bond motifs is 2. The largest absolute Gasteiger partial charge is 0.369 e. The summed E-state index contributed by atoms with van der Waals surface area (Å²) in [5, 5.41) is 7.44. The van der Waals surface area contributed by atoms with E-state index < -0.39 is 0 Å². The molecule has 5 aromatic rings. The van der Waals surface area contributed by atoms with Crippen LogP contribution in [0.25, 0.3) is 21.9 Å². The molecule has 1 aliphatic heterocycles. The number of aryl methyl sites for hydroxylation is 1. The van der Waals surface area contributed by atoms with Crippen molar-refractivity contribution < 1.29 is 4.79 Å². The van der Waals surface area contributed by atoms with Crippen molar-refractivity contribution in [2.24, 2.45) is 0 Å². The number of aromatic amines is 1. The van der Waals surface area contributed by atoms with Crippen molar-refractivity contribution in [3.8, 4) is 0 Å². The molecule has 3 aromatic carbocycles. The molecule has 0 atom stereocenters. The average molecular weight is 533 g/mol. The van der Waals surface area contributed by atoms with Crippen LogP contribution in [0.3, 0.4) is 0 Å². The average Bonchev–Trinajstić information content (AvgIpc) is 3.72. The van der Waals surface area contributed by atoms with Crippen LogP contribution in [0.2, 0.25) is 0 Å². The number of aromatic nitrogens is 4. The number of carbonyl (C=O) groups is 1. The number of imidazole rings is 1. The van der Waals surface area contributed by atoms with Gasteiger partial charge in [-0.25, -0.2) is 15.0 Å². The molecule has 7 rings (SSSR count). The first-order chi connectivity index (χ1) is 19.5. The molecule has 1 saturated carbocycles. The Balaban J connectivity index is 1.20. The highest BCUT2D eigenvalue weighted by Crippen LogP contribution is 2.40. The van der Waals surface area contributed by atoms with Crippen LogP contribution >= 0.6 is 0 Å². The topological polar surface area (TPSA) is 102 Å². The Kier molecular flexibility index (Phi) is 6.08. The number of nitrogens with zero attached hydrogens (tertiary/aromatic N) is 5. The Hall–Kier alpha value is -4.50. The SMILES string of the molecule is Cc1cccc2cnc(Nc3cc(C(=O)Nc4cccc(N5CCN(C)CC5)c4)c4nc(C5CC5)[nH]c4c3)nc12. The number of anilines is 4. The molecule has 2 aliphatic rings. The minimum Gasteiger partial charge on any atom is -0.369 e. The third kappa shape index (κ3) is 4.84. The summed E-state index contributed by atoms with van der Waals surface area (Å²) in [5.41, 5.74) is 6.59. The first-order valence-electron chi connectivity index (χ1n) is 13.9. The smallest absolute Gasteiger partial charge is 0.258 e. The fraction of sp³-hybridized carbons (Fsp3) is 0.290. The van der Waals surface area contributed by atoms with Gasteiger partial charge >= 0.3 is 0 Å². The van der Waals surface area contributed by atoms with Gasteiger partial charge in [0.2, 0.25) is 5.95 Å². The van der Waals surface area contributed by atoms with Gasteiger partial charge < -0.3 is 25.4 Å². The zero-order valence-electron chi connectivity index (χ0n) is 22.7. The van der Waals surface area contributed by atoms with Crippen LogP contribution in [-0.4, -0.2) is 64.0 Å². The molecule has 0 spiro atoms. The van der Waals surface area contributed by atoms with Gasteiger partial charge in [-0.2, -0.15) is 0 Å². The summed E-state index contributed by atoms with van der Waals surface area (Å²) in [7, 11) is 2.15. The van der Waals surface area contributed by atoms with Crippen LogP contribution in [0.15, 0.2) is 60.8 Å². The third-order valence-electron chi connectivity index (χ3n) is 7.85. The molecule has 3 heterocycles. The van der Waals surface area contributed by atoms with Gasteiger partial charge in [-0.15, -0.1) is 0 Å². The molecule has 202 valence electrons. The molecule has 1 saturated heterocycles. The summed E-state index contributed by atoms with van der Waals surface area (Å²) in [6.07, 6.45) is 4.06. The van der Waals surface area contributed by atoms with Crippen LogP contribution in [-0.2, 0) is 0 Å². The number of amides is 1. The molecule has 0 bridgehead atoms. The van der Waals surface area contributed by atoms with Gasteiger partial charge in [0.05, 0.1) is 16.6 Å². The van der Waals surface area contributed by atoms with E-state index in [0.717, 1.165) is 83.9 Å². The molecule has 40 heavy (non-hydrogen) atoms. The summed E-state index contributed by atoms with van der Waals surface area (Å²) in [6, 6.07) is 17.9. The maximum atomic E-state index is 13.7. The quantitative estimate of drug-likeness (QED) is 0.268. The number of benzene rings is 3. The minimum atomic E-state index is -0.201. The van der Waals surface area contributed by atoms with Gasteiger partial charge in [0.15, 0.2) is 0 Å². The number of hydrogen-bond acceptors (Lipinski definition) is 7. The molecule has 2 fully saturated rings. The first kappa shape index (κ1) is 24.5. The van der Waals surface area contributed by atoms with Gasteiger partial charge in [0.25, 0.3) is 5.91 Å². The van der Waals surface area contributed by atoms with Gasteiger partial charge in [-0.05, 0) is 62.7 Å². The molecule has 9 nitrogen and oxygen atoms in total. The lowest BCUT2D eigenvalue weighted by molar-refractivity contribution is 0.102. The first-order valence-corrected chi connectivity index (χ1v) is 13.9. The highest BCUT2D eigenvalue weighted by atomic mass is 16.1. The van der Waals surface area contributed by atoms with E-state index in [2.05, 4.69) is 43.5 Å². The van der Waals surface area contributed by atoms with E-state index >= 15 is 0 Å². The van der Waals surface area contributed by atoms with Gasteiger partial charge in [0.1, 0.15) is 11.3 Å². The van der Waals surface area contributed by atoms with Gasteiger partial charge in [-0.3, -0.25) is 4.79 Å². The number of carbonyl (C=O) groups excluding carboxylic acids is 1. The summed E-state index contributed by atoms with van der Waals surface area (Å²) in [5.74, 6) is 1.66. The Morgan fingerprint density at radius 1 is 0.950 bits per heavy atom. The molecular formula is C31H32N8O.